The molecular weight excluding hydrogens is 358 g/mol. The second-order valence-corrected chi connectivity index (χ2v) is 5.98. The fourth-order valence-corrected chi connectivity index (χ4v) is 2.64. The average Bonchev–Trinajstić information content (AvgIpc) is 3.15. The standard InChI is InChI=1S/C20H21N5O3/c1-2-22-19(26)13-28-18-5-3-4-15(10-18)14-6-8-17(9-7-14)25-12-16(11-23-25)24-20(21)27/h3-12H,2,13H2,1H3,(H,22,26)(H3,21,24,27). The molecule has 0 unspecified atom stereocenters. The lowest BCUT2D eigenvalue weighted by atomic mass is 10.1. The molecule has 3 amide bonds. The molecule has 3 aromatic rings. The van der Waals surface area contributed by atoms with E-state index in [0.29, 0.717) is 18.0 Å². The third-order valence-corrected chi connectivity index (χ3v) is 3.89. The Morgan fingerprint density at radius 2 is 1.93 bits per heavy atom. The Hall–Kier alpha value is -3.81. The van der Waals surface area contributed by atoms with Crippen LogP contribution in [-0.2, 0) is 4.79 Å². The Bertz CT molecular complexity index is 966. The van der Waals surface area contributed by atoms with Gasteiger partial charge in [-0.15, -0.1) is 0 Å². The summed E-state index contributed by atoms with van der Waals surface area (Å²) in [6, 6.07) is 14.7. The van der Waals surface area contributed by atoms with E-state index in [4.69, 9.17) is 10.5 Å². The first-order valence-corrected chi connectivity index (χ1v) is 8.76. The predicted octanol–water partition coefficient (Wildman–Crippen LogP) is 2.54. The molecular formula is C20H21N5O3. The van der Waals surface area contributed by atoms with E-state index in [9.17, 15) is 9.59 Å². The maximum Gasteiger partial charge on any atom is 0.316 e. The lowest BCUT2D eigenvalue weighted by Crippen LogP contribution is -2.28. The van der Waals surface area contributed by atoms with Crippen LogP contribution < -0.4 is 21.1 Å². The molecule has 0 aliphatic heterocycles. The first-order chi connectivity index (χ1) is 13.5. The van der Waals surface area contributed by atoms with Crippen molar-refractivity contribution in [2.45, 2.75) is 6.92 Å². The Labute approximate surface area is 162 Å². The number of nitrogens with one attached hydrogen (secondary N) is 2. The summed E-state index contributed by atoms with van der Waals surface area (Å²) in [5, 5.41) is 9.37. The topological polar surface area (TPSA) is 111 Å². The number of amides is 3. The maximum absolute atomic E-state index is 11.5. The second-order valence-electron chi connectivity index (χ2n) is 5.98. The van der Waals surface area contributed by atoms with E-state index in [-0.39, 0.29) is 12.5 Å². The van der Waals surface area contributed by atoms with Crippen molar-refractivity contribution in [3.63, 3.8) is 0 Å². The van der Waals surface area contributed by atoms with Crippen LogP contribution >= 0.6 is 0 Å². The number of primary amides is 1. The molecule has 0 spiro atoms. The molecule has 0 saturated carbocycles. The SMILES string of the molecule is CCNC(=O)COc1cccc(-c2ccc(-n3cc(NC(N)=O)cn3)cc2)c1. The zero-order chi connectivity index (χ0) is 19.9. The summed E-state index contributed by atoms with van der Waals surface area (Å²) in [5.41, 5.74) is 8.43. The number of urea groups is 1. The van der Waals surface area contributed by atoms with E-state index in [1.54, 1.807) is 10.9 Å². The fourth-order valence-electron chi connectivity index (χ4n) is 2.64. The van der Waals surface area contributed by atoms with Gasteiger partial charge in [-0.3, -0.25) is 4.79 Å². The fraction of sp³-hybridized carbons (Fsp3) is 0.150. The van der Waals surface area contributed by atoms with Gasteiger partial charge in [0.15, 0.2) is 6.61 Å². The monoisotopic (exact) mass is 379 g/mol. The van der Waals surface area contributed by atoms with Gasteiger partial charge in [-0.25, -0.2) is 9.48 Å². The number of anilines is 1. The molecule has 0 aliphatic carbocycles. The number of carbonyl (C=O) groups is 2. The van der Waals surface area contributed by atoms with E-state index in [1.807, 2.05) is 55.5 Å². The van der Waals surface area contributed by atoms with E-state index in [2.05, 4.69) is 15.7 Å². The van der Waals surface area contributed by atoms with Gasteiger partial charge in [0, 0.05) is 6.54 Å². The van der Waals surface area contributed by atoms with Crippen molar-refractivity contribution in [3.05, 3.63) is 60.9 Å². The molecule has 0 atom stereocenters. The summed E-state index contributed by atoms with van der Waals surface area (Å²) in [4.78, 5) is 22.4. The normalized spacial score (nSPS) is 10.3. The van der Waals surface area contributed by atoms with Crippen LogP contribution in [-0.4, -0.2) is 34.9 Å². The summed E-state index contributed by atoms with van der Waals surface area (Å²) in [6.07, 6.45) is 3.20. The smallest absolute Gasteiger partial charge is 0.316 e. The number of benzene rings is 2. The number of nitrogens with zero attached hydrogens (tertiary/aromatic N) is 2. The first-order valence-electron chi connectivity index (χ1n) is 8.76. The molecule has 8 nitrogen and oxygen atoms in total. The zero-order valence-electron chi connectivity index (χ0n) is 15.4. The number of hydrogen-bond donors (Lipinski definition) is 3. The molecule has 0 fully saturated rings. The van der Waals surface area contributed by atoms with Gasteiger partial charge in [-0.2, -0.15) is 5.10 Å². The molecule has 0 radical (unpaired) electrons. The molecule has 4 N–H and O–H groups in total. The Morgan fingerprint density at radius 3 is 2.64 bits per heavy atom. The number of hydrogen-bond acceptors (Lipinski definition) is 4. The first kappa shape index (κ1) is 19.0. The highest BCUT2D eigenvalue weighted by atomic mass is 16.5. The third-order valence-electron chi connectivity index (χ3n) is 3.89. The quantitative estimate of drug-likeness (QED) is 0.586. The number of carbonyl (C=O) groups excluding carboxylic acids is 2. The molecule has 1 aromatic heterocycles. The zero-order valence-corrected chi connectivity index (χ0v) is 15.4. The van der Waals surface area contributed by atoms with Crippen LogP contribution in [0.1, 0.15) is 6.92 Å². The van der Waals surface area contributed by atoms with Crippen molar-refractivity contribution in [1.82, 2.24) is 15.1 Å². The second kappa shape index (κ2) is 8.72. The molecule has 0 bridgehead atoms. The number of likely N-dealkylation sites (N-methyl/N-ethyl adjacent to an activating group) is 1. The number of nitrogens with two attached hydrogens (primary N) is 1. The summed E-state index contributed by atoms with van der Waals surface area (Å²) in [7, 11) is 0. The van der Waals surface area contributed by atoms with Crippen LogP contribution in [0.4, 0.5) is 10.5 Å². The van der Waals surface area contributed by atoms with Crippen LogP contribution in [0.2, 0.25) is 0 Å². The van der Waals surface area contributed by atoms with Crippen LogP contribution in [0.3, 0.4) is 0 Å². The van der Waals surface area contributed by atoms with E-state index >= 15 is 0 Å². The minimum Gasteiger partial charge on any atom is -0.484 e. The van der Waals surface area contributed by atoms with Gasteiger partial charge in [-0.1, -0.05) is 24.3 Å². The number of ether oxygens (including phenoxy) is 1. The molecule has 1 heterocycles. The van der Waals surface area contributed by atoms with E-state index < -0.39 is 6.03 Å². The van der Waals surface area contributed by atoms with Gasteiger partial charge in [0.2, 0.25) is 0 Å². The van der Waals surface area contributed by atoms with E-state index in [0.717, 1.165) is 16.8 Å². The highest BCUT2D eigenvalue weighted by Gasteiger charge is 2.06. The van der Waals surface area contributed by atoms with E-state index in [1.165, 1.54) is 6.20 Å². The van der Waals surface area contributed by atoms with Crippen molar-refractivity contribution in [2.24, 2.45) is 5.73 Å². The van der Waals surface area contributed by atoms with Gasteiger partial charge in [0.1, 0.15) is 5.75 Å². The van der Waals surface area contributed by atoms with Gasteiger partial charge < -0.3 is 21.1 Å². The minimum atomic E-state index is -0.635. The van der Waals surface area contributed by atoms with Crippen LogP contribution in [0, 0.1) is 0 Å². The lowest BCUT2D eigenvalue weighted by Gasteiger charge is -2.09. The van der Waals surface area contributed by atoms with Crippen molar-refractivity contribution in [1.29, 1.82) is 0 Å². The van der Waals surface area contributed by atoms with Gasteiger partial charge >= 0.3 is 6.03 Å². The Morgan fingerprint density at radius 1 is 1.14 bits per heavy atom. The van der Waals surface area contributed by atoms with Crippen molar-refractivity contribution >= 4 is 17.6 Å². The largest absolute Gasteiger partial charge is 0.484 e. The molecule has 8 heteroatoms. The van der Waals surface area contributed by atoms with Crippen LogP contribution in [0.5, 0.6) is 5.75 Å². The molecule has 28 heavy (non-hydrogen) atoms. The number of rotatable bonds is 7. The predicted molar refractivity (Wildman–Crippen MR) is 106 cm³/mol. The summed E-state index contributed by atoms with van der Waals surface area (Å²) in [6.45, 7) is 2.42. The average molecular weight is 379 g/mol. The molecule has 2 aromatic carbocycles. The maximum atomic E-state index is 11.5. The molecule has 3 rings (SSSR count). The summed E-state index contributed by atoms with van der Waals surface area (Å²) in [5.74, 6) is 0.476. The van der Waals surface area contributed by atoms with Crippen LogP contribution in [0.25, 0.3) is 16.8 Å². The Kier molecular flexibility index (Phi) is 5.91. The minimum absolute atomic E-state index is 0.0167. The molecule has 0 saturated heterocycles. The van der Waals surface area contributed by atoms with Crippen LogP contribution in [0.15, 0.2) is 60.9 Å². The lowest BCUT2D eigenvalue weighted by molar-refractivity contribution is -0.122. The van der Waals surface area contributed by atoms with Gasteiger partial charge in [0.05, 0.1) is 23.8 Å². The molecule has 144 valence electrons. The van der Waals surface area contributed by atoms with Crippen molar-refractivity contribution < 1.29 is 14.3 Å². The third kappa shape index (κ3) is 4.88. The van der Waals surface area contributed by atoms with Gasteiger partial charge in [-0.05, 0) is 42.3 Å². The summed E-state index contributed by atoms with van der Waals surface area (Å²) < 4.78 is 7.18. The molecule has 0 aliphatic rings. The van der Waals surface area contributed by atoms with Crippen molar-refractivity contribution in [2.75, 3.05) is 18.5 Å². The van der Waals surface area contributed by atoms with Gasteiger partial charge in [0.25, 0.3) is 5.91 Å². The Balaban J connectivity index is 1.71. The highest BCUT2D eigenvalue weighted by Crippen LogP contribution is 2.25. The highest BCUT2D eigenvalue weighted by molar-refractivity contribution is 5.87. The van der Waals surface area contributed by atoms with Crippen molar-refractivity contribution in [3.8, 4) is 22.6 Å². The number of aromatic nitrogens is 2. The summed E-state index contributed by atoms with van der Waals surface area (Å²) >= 11 is 0.